The van der Waals surface area contributed by atoms with Gasteiger partial charge in [-0.25, -0.2) is 4.90 Å². The Bertz CT molecular complexity index is 693. The van der Waals surface area contributed by atoms with Crippen molar-refractivity contribution in [3.8, 4) is 0 Å². The monoisotopic (exact) mass is 364 g/mol. The molecule has 0 aliphatic carbocycles. The van der Waals surface area contributed by atoms with Crippen LogP contribution in [0.2, 0.25) is 5.02 Å². The topological polar surface area (TPSA) is 66.9 Å². The van der Waals surface area contributed by atoms with Gasteiger partial charge >= 0.3 is 5.97 Å². The van der Waals surface area contributed by atoms with Gasteiger partial charge in [-0.3, -0.25) is 19.3 Å². The summed E-state index contributed by atoms with van der Waals surface area (Å²) in [4.78, 5) is 40.4. The van der Waals surface area contributed by atoms with Gasteiger partial charge in [-0.1, -0.05) is 17.7 Å². The van der Waals surface area contributed by atoms with Gasteiger partial charge in [-0.15, -0.1) is 0 Å². The van der Waals surface area contributed by atoms with Crippen molar-refractivity contribution >= 4 is 35.1 Å². The lowest BCUT2D eigenvalue weighted by Crippen LogP contribution is -2.48. The largest absolute Gasteiger partial charge is 0.466 e. The maximum atomic E-state index is 12.8. The molecule has 2 saturated heterocycles. The van der Waals surface area contributed by atoms with Crippen molar-refractivity contribution in [1.82, 2.24) is 4.90 Å². The molecule has 2 unspecified atom stereocenters. The number of esters is 1. The zero-order valence-corrected chi connectivity index (χ0v) is 14.9. The Morgan fingerprint density at radius 3 is 2.88 bits per heavy atom. The molecule has 2 heterocycles. The molecule has 134 valence electrons. The predicted molar refractivity (Wildman–Crippen MR) is 93.3 cm³/mol. The highest BCUT2D eigenvalue weighted by atomic mass is 35.5. The first-order chi connectivity index (χ1) is 12.0. The second-order valence-corrected chi connectivity index (χ2v) is 6.79. The number of carbonyl (C=O) groups excluding carboxylic acids is 3. The molecule has 2 aliphatic rings. The minimum Gasteiger partial charge on any atom is -0.466 e. The van der Waals surface area contributed by atoms with Crippen LogP contribution in [-0.2, 0) is 19.1 Å². The Labute approximate surface area is 151 Å². The molecular weight excluding hydrogens is 344 g/mol. The minimum absolute atomic E-state index is 0.126. The third-order valence-electron chi connectivity index (χ3n) is 4.70. The van der Waals surface area contributed by atoms with Crippen LogP contribution in [0, 0.1) is 5.92 Å². The summed E-state index contributed by atoms with van der Waals surface area (Å²) >= 11 is 5.98. The molecule has 25 heavy (non-hydrogen) atoms. The van der Waals surface area contributed by atoms with E-state index in [1.165, 1.54) is 4.90 Å². The van der Waals surface area contributed by atoms with Gasteiger partial charge in [0.05, 0.1) is 30.7 Å². The Morgan fingerprint density at radius 2 is 2.16 bits per heavy atom. The van der Waals surface area contributed by atoms with Gasteiger partial charge in [-0.05, 0) is 44.5 Å². The van der Waals surface area contributed by atoms with Crippen molar-refractivity contribution in [3.05, 3.63) is 29.3 Å². The Morgan fingerprint density at radius 1 is 1.36 bits per heavy atom. The van der Waals surface area contributed by atoms with Crippen molar-refractivity contribution in [2.24, 2.45) is 5.92 Å². The highest BCUT2D eigenvalue weighted by Crippen LogP contribution is 2.30. The molecule has 0 spiro atoms. The number of ether oxygens (including phenoxy) is 1. The number of benzene rings is 1. The van der Waals surface area contributed by atoms with Crippen LogP contribution >= 0.6 is 11.6 Å². The normalized spacial score (nSPS) is 24.6. The number of likely N-dealkylation sites (tertiary alicyclic amines) is 1. The van der Waals surface area contributed by atoms with Crippen LogP contribution in [0.3, 0.4) is 0 Å². The van der Waals surface area contributed by atoms with Crippen LogP contribution in [-0.4, -0.2) is 48.4 Å². The van der Waals surface area contributed by atoms with Crippen molar-refractivity contribution in [1.29, 1.82) is 0 Å². The van der Waals surface area contributed by atoms with Gasteiger partial charge in [0.1, 0.15) is 0 Å². The lowest BCUT2D eigenvalue weighted by molar-refractivity contribution is -0.150. The number of imide groups is 1. The summed E-state index contributed by atoms with van der Waals surface area (Å²) in [5.74, 6) is -0.959. The van der Waals surface area contributed by atoms with Gasteiger partial charge in [0, 0.05) is 11.6 Å². The number of nitrogens with zero attached hydrogens (tertiary/aromatic N) is 2. The van der Waals surface area contributed by atoms with Gasteiger partial charge in [-0.2, -0.15) is 0 Å². The second kappa shape index (κ2) is 7.54. The quantitative estimate of drug-likeness (QED) is 0.605. The van der Waals surface area contributed by atoms with Crippen molar-refractivity contribution < 1.29 is 19.1 Å². The Kier molecular flexibility index (Phi) is 5.39. The van der Waals surface area contributed by atoms with Crippen LogP contribution < -0.4 is 4.90 Å². The number of halogens is 1. The van der Waals surface area contributed by atoms with Crippen LogP contribution in [0.15, 0.2) is 24.3 Å². The Balaban J connectivity index is 1.74. The fourth-order valence-electron chi connectivity index (χ4n) is 3.53. The van der Waals surface area contributed by atoms with E-state index in [-0.39, 0.29) is 30.1 Å². The smallest absolute Gasteiger partial charge is 0.310 e. The number of hydrogen-bond acceptors (Lipinski definition) is 5. The van der Waals surface area contributed by atoms with E-state index in [1.807, 2.05) is 4.90 Å². The average Bonchev–Trinajstić information content (AvgIpc) is 2.90. The van der Waals surface area contributed by atoms with E-state index in [1.54, 1.807) is 31.2 Å². The fourth-order valence-corrected chi connectivity index (χ4v) is 3.71. The molecule has 2 amide bonds. The maximum Gasteiger partial charge on any atom is 0.310 e. The molecule has 0 radical (unpaired) electrons. The van der Waals surface area contributed by atoms with Crippen molar-refractivity contribution in [2.45, 2.75) is 32.2 Å². The maximum absolute atomic E-state index is 12.8. The molecule has 3 rings (SSSR count). The van der Waals surface area contributed by atoms with Crippen molar-refractivity contribution in [2.75, 3.05) is 24.6 Å². The number of rotatable bonds is 4. The molecule has 2 fully saturated rings. The summed E-state index contributed by atoms with van der Waals surface area (Å²) in [6.45, 7) is 3.27. The molecule has 2 aliphatic heterocycles. The first-order valence-electron chi connectivity index (χ1n) is 8.54. The summed E-state index contributed by atoms with van der Waals surface area (Å²) in [6.07, 6.45) is 1.68. The van der Waals surface area contributed by atoms with Crippen LogP contribution in [0.1, 0.15) is 26.2 Å². The van der Waals surface area contributed by atoms with E-state index >= 15 is 0 Å². The number of carbonyl (C=O) groups is 3. The van der Waals surface area contributed by atoms with E-state index in [0.717, 1.165) is 12.8 Å². The van der Waals surface area contributed by atoms with E-state index in [2.05, 4.69) is 0 Å². The second-order valence-electron chi connectivity index (χ2n) is 6.35. The molecule has 0 aromatic heterocycles. The van der Waals surface area contributed by atoms with Gasteiger partial charge in [0.15, 0.2) is 0 Å². The van der Waals surface area contributed by atoms with E-state index < -0.39 is 6.04 Å². The average molecular weight is 365 g/mol. The van der Waals surface area contributed by atoms with Crippen LogP contribution in [0.4, 0.5) is 5.69 Å². The summed E-state index contributed by atoms with van der Waals surface area (Å²) in [5.41, 5.74) is 0.490. The zero-order valence-electron chi connectivity index (χ0n) is 14.1. The van der Waals surface area contributed by atoms with Gasteiger partial charge in [0.2, 0.25) is 5.91 Å². The molecule has 2 atom stereocenters. The molecule has 6 nitrogen and oxygen atoms in total. The van der Waals surface area contributed by atoms with E-state index in [9.17, 15) is 14.4 Å². The zero-order chi connectivity index (χ0) is 18.0. The standard InChI is InChI=1S/C18H21ClN2O4/c1-2-25-18(24)12-5-4-8-20(11-12)15-10-16(22)21(17(15)23)14-7-3-6-13(19)9-14/h3,6-7,9,12,15H,2,4-5,8,10-11H2,1H3. The summed E-state index contributed by atoms with van der Waals surface area (Å²) in [6, 6.07) is 6.19. The number of amides is 2. The lowest BCUT2D eigenvalue weighted by atomic mass is 9.96. The molecule has 0 saturated carbocycles. The SMILES string of the molecule is CCOC(=O)C1CCCN(C2CC(=O)N(c3cccc(Cl)c3)C2=O)C1. The van der Waals surface area contributed by atoms with Gasteiger partial charge in [0.25, 0.3) is 5.91 Å². The Hall–Kier alpha value is -1.92. The molecule has 1 aromatic carbocycles. The number of piperidine rings is 1. The minimum atomic E-state index is -0.524. The molecule has 0 N–H and O–H groups in total. The van der Waals surface area contributed by atoms with Crippen LogP contribution in [0.25, 0.3) is 0 Å². The molecule has 1 aromatic rings. The number of hydrogen-bond donors (Lipinski definition) is 0. The lowest BCUT2D eigenvalue weighted by Gasteiger charge is -2.34. The third kappa shape index (κ3) is 3.70. The third-order valence-corrected chi connectivity index (χ3v) is 4.94. The number of anilines is 1. The van der Waals surface area contributed by atoms with E-state index in [0.29, 0.717) is 30.4 Å². The first kappa shape index (κ1) is 17.9. The molecule has 0 bridgehead atoms. The fraction of sp³-hybridized carbons (Fsp3) is 0.500. The summed E-state index contributed by atoms with van der Waals surface area (Å²) in [5, 5.41) is 0.474. The summed E-state index contributed by atoms with van der Waals surface area (Å²) in [7, 11) is 0. The van der Waals surface area contributed by atoms with Gasteiger partial charge < -0.3 is 4.74 Å². The highest BCUT2D eigenvalue weighted by Gasteiger charge is 2.44. The molecule has 7 heteroatoms. The summed E-state index contributed by atoms with van der Waals surface area (Å²) < 4.78 is 5.10. The van der Waals surface area contributed by atoms with Crippen LogP contribution in [0.5, 0.6) is 0 Å². The predicted octanol–water partition coefficient (Wildman–Crippen LogP) is 2.25. The highest BCUT2D eigenvalue weighted by molar-refractivity contribution is 6.31. The van der Waals surface area contributed by atoms with E-state index in [4.69, 9.17) is 16.3 Å². The molecular formula is C18H21ClN2O4. The first-order valence-corrected chi connectivity index (χ1v) is 8.92. The van der Waals surface area contributed by atoms with Crippen molar-refractivity contribution in [3.63, 3.8) is 0 Å².